The number of hydrogen-bond donors (Lipinski definition) is 1. The predicted octanol–water partition coefficient (Wildman–Crippen LogP) is 0.318. The summed E-state index contributed by atoms with van der Waals surface area (Å²) in [7, 11) is 0. The van der Waals surface area contributed by atoms with Crippen molar-refractivity contribution in [2.45, 2.75) is 31.3 Å². The van der Waals surface area contributed by atoms with Gasteiger partial charge in [-0.25, -0.2) is 4.79 Å². The van der Waals surface area contributed by atoms with Crippen molar-refractivity contribution in [2.75, 3.05) is 13.2 Å². The molecule has 0 bridgehead atoms. The molecule has 2 aliphatic rings. The topological polar surface area (TPSA) is 55.6 Å². The number of carbonyl (C=O) groups excluding carboxylic acids is 1. The smallest absolute Gasteiger partial charge is 0.410 e. The van der Waals surface area contributed by atoms with Crippen LogP contribution >= 0.6 is 0 Å². The van der Waals surface area contributed by atoms with E-state index in [0.29, 0.717) is 19.2 Å². The van der Waals surface area contributed by atoms with Crippen LogP contribution in [0.5, 0.6) is 0 Å². The first-order chi connectivity index (χ1) is 5.67. The van der Waals surface area contributed by atoms with Crippen molar-refractivity contribution in [2.24, 2.45) is 5.73 Å². The van der Waals surface area contributed by atoms with E-state index in [2.05, 4.69) is 0 Å². The van der Waals surface area contributed by atoms with Crippen LogP contribution in [0.3, 0.4) is 0 Å². The summed E-state index contributed by atoms with van der Waals surface area (Å²) < 4.78 is 4.98. The van der Waals surface area contributed by atoms with Gasteiger partial charge in [0.15, 0.2) is 0 Å². The molecule has 4 heteroatoms. The molecule has 1 heterocycles. The summed E-state index contributed by atoms with van der Waals surface area (Å²) >= 11 is 0. The Morgan fingerprint density at radius 2 is 2.42 bits per heavy atom. The molecule has 1 atom stereocenters. The third-order valence-electron chi connectivity index (χ3n) is 2.64. The molecule has 0 radical (unpaired) electrons. The van der Waals surface area contributed by atoms with Crippen molar-refractivity contribution < 1.29 is 9.53 Å². The van der Waals surface area contributed by atoms with Gasteiger partial charge in [0.25, 0.3) is 0 Å². The Morgan fingerprint density at radius 1 is 1.75 bits per heavy atom. The minimum absolute atomic E-state index is 0.189. The zero-order chi connectivity index (χ0) is 8.77. The van der Waals surface area contributed by atoms with E-state index in [1.54, 1.807) is 0 Å². The molecule has 2 rings (SSSR count). The average molecular weight is 170 g/mol. The molecule has 4 nitrogen and oxygen atoms in total. The van der Waals surface area contributed by atoms with Gasteiger partial charge >= 0.3 is 6.09 Å². The van der Waals surface area contributed by atoms with E-state index in [4.69, 9.17) is 10.5 Å². The summed E-state index contributed by atoms with van der Waals surface area (Å²) in [5, 5.41) is 0. The predicted molar refractivity (Wildman–Crippen MR) is 43.7 cm³/mol. The number of nitrogens with two attached hydrogens (primary N) is 1. The molecule has 1 saturated heterocycles. The van der Waals surface area contributed by atoms with Crippen LogP contribution in [0.25, 0.3) is 0 Å². The third kappa shape index (κ3) is 0.982. The van der Waals surface area contributed by atoms with Gasteiger partial charge in [0, 0.05) is 12.6 Å². The van der Waals surface area contributed by atoms with Gasteiger partial charge < -0.3 is 10.5 Å². The number of carbonyl (C=O) groups is 1. The van der Waals surface area contributed by atoms with E-state index in [1.165, 1.54) is 0 Å². The number of cyclic esters (lactones) is 1. The van der Waals surface area contributed by atoms with E-state index in [-0.39, 0.29) is 11.6 Å². The van der Waals surface area contributed by atoms with Crippen molar-refractivity contribution in [1.29, 1.82) is 0 Å². The first-order valence-corrected chi connectivity index (χ1v) is 4.33. The van der Waals surface area contributed by atoms with Crippen molar-refractivity contribution in [3.8, 4) is 0 Å². The highest BCUT2D eigenvalue weighted by Gasteiger charge is 2.49. The number of nitrogens with zero attached hydrogens (tertiary/aromatic N) is 1. The van der Waals surface area contributed by atoms with Crippen LogP contribution in [-0.2, 0) is 4.74 Å². The number of hydrogen-bond acceptors (Lipinski definition) is 3. The molecule has 2 fully saturated rings. The summed E-state index contributed by atoms with van der Waals surface area (Å²) in [6.45, 7) is 2.91. The second-order valence-electron chi connectivity index (χ2n) is 3.86. The highest BCUT2D eigenvalue weighted by atomic mass is 16.6. The molecular formula is C8H14N2O2. The van der Waals surface area contributed by atoms with E-state index in [1.807, 2.05) is 11.8 Å². The first kappa shape index (κ1) is 7.86. The summed E-state index contributed by atoms with van der Waals surface area (Å²) in [6, 6.07) is 0.397. The van der Waals surface area contributed by atoms with Crippen LogP contribution in [0, 0.1) is 0 Å². The molecule has 12 heavy (non-hydrogen) atoms. The molecule has 0 aromatic carbocycles. The van der Waals surface area contributed by atoms with Crippen LogP contribution in [-0.4, -0.2) is 35.7 Å². The first-order valence-electron chi connectivity index (χ1n) is 4.33. The van der Waals surface area contributed by atoms with E-state index < -0.39 is 0 Å². The average Bonchev–Trinajstić information content (AvgIpc) is 2.82. The molecule has 0 aromatic rings. The van der Waals surface area contributed by atoms with Gasteiger partial charge in [-0.2, -0.15) is 0 Å². The lowest BCUT2D eigenvalue weighted by atomic mass is 10.0. The summed E-state index contributed by atoms with van der Waals surface area (Å²) in [4.78, 5) is 13.1. The van der Waals surface area contributed by atoms with Gasteiger partial charge in [-0.1, -0.05) is 0 Å². The van der Waals surface area contributed by atoms with Crippen LogP contribution in [0.2, 0.25) is 0 Å². The van der Waals surface area contributed by atoms with Gasteiger partial charge in [-0.3, -0.25) is 4.90 Å². The molecule has 68 valence electrons. The van der Waals surface area contributed by atoms with Gasteiger partial charge in [0.05, 0.1) is 5.54 Å². The molecule has 1 amide bonds. The molecule has 1 saturated carbocycles. The Bertz CT molecular complexity index is 215. The zero-order valence-electron chi connectivity index (χ0n) is 7.25. The number of ether oxygens (including phenoxy) is 1. The van der Waals surface area contributed by atoms with Crippen molar-refractivity contribution in [3.63, 3.8) is 0 Å². The number of amides is 1. The summed E-state index contributed by atoms with van der Waals surface area (Å²) in [5.41, 5.74) is 5.36. The van der Waals surface area contributed by atoms with Crippen molar-refractivity contribution in [1.82, 2.24) is 4.90 Å². The van der Waals surface area contributed by atoms with Gasteiger partial charge in [-0.05, 0) is 19.8 Å². The van der Waals surface area contributed by atoms with Crippen LogP contribution in [0.1, 0.15) is 19.8 Å². The Balaban J connectivity index is 2.18. The fourth-order valence-corrected chi connectivity index (χ4v) is 1.66. The highest BCUT2D eigenvalue weighted by Crippen LogP contribution is 2.36. The van der Waals surface area contributed by atoms with Crippen LogP contribution in [0.15, 0.2) is 0 Å². The molecule has 2 N–H and O–H groups in total. The maximum Gasteiger partial charge on any atom is 0.410 e. The molecule has 1 aliphatic heterocycles. The Kier molecular flexibility index (Phi) is 1.54. The standard InChI is InChI=1S/C8H14N2O2/c1-8(4-9)5-12-7(11)10(8)6-2-3-6/h6H,2-5,9H2,1H3. The molecule has 0 aromatic heterocycles. The molecule has 1 aliphatic carbocycles. The molecule has 1 unspecified atom stereocenters. The summed E-state index contributed by atoms with van der Waals surface area (Å²) in [6.07, 6.45) is 2.01. The minimum atomic E-state index is -0.252. The maximum atomic E-state index is 11.3. The van der Waals surface area contributed by atoms with Crippen LogP contribution in [0.4, 0.5) is 4.79 Å². The van der Waals surface area contributed by atoms with Gasteiger partial charge in [0.2, 0.25) is 0 Å². The Labute approximate surface area is 71.7 Å². The largest absolute Gasteiger partial charge is 0.447 e. The van der Waals surface area contributed by atoms with Crippen molar-refractivity contribution in [3.05, 3.63) is 0 Å². The van der Waals surface area contributed by atoms with E-state index >= 15 is 0 Å². The number of rotatable bonds is 2. The second kappa shape index (κ2) is 2.36. The quantitative estimate of drug-likeness (QED) is 0.649. The third-order valence-corrected chi connectivity index (χ3v) is 2.64. The van der Waals surface area contributed by atoms with E-state index in [0.717, 1.165) is 12.8 Å². The Hall–Kier alpha value is -0.770. The molecule has 0 spiro atoms. The van der Waals surface area contributed by atoms with Gasteiger partial charge in [-0.15, -0.1) is 0 Å². The fourth-order valence-electron chi connectivity index (χ4n) is 1.66. The fraction of sp³-hybridized carbons (Fsp3) is 0.875. The maximum absolute atomic E-state index is 11.3. The second-order valence-corrected chi connectivity index (χ2v) is 3.86. The Morgan fingerprint density at radius 3 is 2.92 bits per heavy atom. The zero-order valence-corrected chi connectivity index (χ0v) is 7.25. The van der Waals surface area contributed by atoms with E-state index in [9.17, 15) is 4.79 Å². The normalized spacial score (nSPS) is 35.5. The monoisotopic (exact) mass is 170 g/mol. The highest BCUT2D eigenvalue weighted by molar-refractivity contribution is 5.72. The minimum Gasteiger partial charge on any atom is -0.447 e. The lowest BCUT2D eigenvalue weighted by molar-refractivity contribution is 0.151. The lowest BCUT2D eigenvalue weighted by Crippen LogP contribution is -2.51. The molecular weight excluding hydrogens is 156 g/mol. The lowest BCUT2D eigenvalue weighted by Gasteiger charge is -2.30. The van der Waals surface area contributed by atoms with Crippen LogP contribution < -0.4 is 5.73 Å². The summed E-state index contributed by atoms with van der Waals surface area (Å²) in [5.74, 6) is 0. The van der Waals surface area contributed by atoms with Crippen molar-refractivity contribution >= 4 is 6.09 Å². The van der Waals surface area contributed by atoms with Gasteiger partial charge in [0.1, 0.15) is 6.61 Å². The SMILES string of the molecule is CC1(CN)COC(=O)N1C1CC1.